The van der Waals surface area contributed by atoms with Gasteiger partial charge in [0.05, 0.1) is 0 Å². The number of para-hydroxylation sites is 1. The van der Waals surface area contributed by atoms with E-state index in [0.717, 1.165) is 24.9 Å². The molecule has 0 saturated heterocycles. The van der Waals surface area contributed by atoms with E-state index in [-0.39, 0.29) is 17.7 Å². The van der Waals surface area contributed by atoms with Gasteiger partial charge in [-0.05, 0) is 25.0 Å². The first-order valence-electron chi connectivity index (χ1n) is 7.67. The maximum atomic E-state index is 12.0. The highest BCUT2D eigenvalue weighted by Crippen LogP contribution is 2.24. The molecule has 1 aromatic carbocycles. The van der Waals surface area contributed by atoms with Gasteiger partial charge in [-0.2, -0.15) is 0 Å². The van der Waals surface area contributed by atoms with E-state index in [1.54, 1.807) is 19.3 Å². The molecule has 0 aliphatic heterocycles. The van der Waals surface area contributed by atoms with Crippen LogP contribution in [-0.4, -0.2) is 17.0 Å². The number of carbonyl (C=O) groups excluding carboxylic acids is 2. The Morgan fingerprint density at radius 2 is 1.82 bits per heavy atom. The number of rotatable bonds is 8. The highest BCUT2D eigenvalue weighted by molar-refractivity contribution is 5.92. The molecule has 0 spiro atoms. The van der Waals surface area contributed by atoms with Crippen molar-refractivity contribution in [3.8, 4) is 0 Å². The highest BCUT2D eigenvalue weighted by atomic mass is 16.5. The molecule has 5 heteroatoms. The van der Waals surface area contributed by atoms with E-state index in [2.05, 4.69) is 5.32 Å². The molecule has 0 heterocycles. The second kappa shape index (κ2) is 8.54. The minimum atomic E-state index is -0.593. The lowest BCUT2D eigenvalue weighted by molar-refractivity contribution is -0.138. The molecule has 0 aliphatic carbocycles. The summed E-state index contributed by atoms with van der Waals surface area (Å²) >= 11 is 0. The summed E-state index contributed by atoms with van der Waals surface area (Å²) in [6.45, 7) is 5.50. The number of hydrogen-bond acceptors (Lipinski definition) is 3. The van der Waals surface area contributed by atoms with E-state index in [4.69, 9.17) is 5.21 Å². The van der Waals surface area contributed by atoms with Crippen molar-refractivity contribution in [3.63, 3.8) is 0 Å². The van der Waals surface area contributed by atoms with Crippen molar-refractivity contribution in [2.45, 2.75) is 46.5 Å². The molecule has 0 saturated carbocycles. The Kier molecular flexibility index (Phi) is 7.05. The normalized spacial score (nSPS) is 12.5. The largest absolute Gasteiger partial charge is 0.326 e. The average molecular weight is 306 g/mol. The molecule has 2 amide bonds. The smallest absolute Gasteiger partial charge is 0.248 e. The zero-order chi connectivity index (χ0) is 16.6. The molecule has 3 N–H and O–H groups in total. The van der Waals surface area contributed by atoms with Crippen molar-refractivity contribution in [2.75, 3.05) is 5.32 Å². The molecule has 122 valence electrons. The molecule has 1 unspecified atom stereocenters. The van der Waals surface area contributed by atoms with E-state index in [9.17, 15) is 9.59 Å². The molecule has 5 nitrogen and oxygen atoms in total. The number of hydroxylamine groups is 1. The molecular formula is C17H26N2O3. The topological polar surface area (TPSA) is 78.4 Å². The zero-order valence-electron chi connectivity index (χ0n) is 13.6. The maximum absolute atomic E-state index is 12.0. The number of amides is 2. The number of unbranched alkanes of at least 4 members (excludes halogenated alkanes) is 1. The first-order chi connectivity index (χ1) is 10.4. The number of nitrogens with one attached hydrogen (secondary N) is 2. The van der Waals surface area contributed by atoms with Gasteiger partial charge in [-0.25, -0.2) is 5.48 Å². The van der Waals surface area contributed by atoms with E-state index in [1.165, 1.54) is 0 Å². The zero-order valence-corrected chi connectivity index (χ0v) is 13.6. The molecule has 0 aromatic heterocycles. The van der Waals surface area contributed by atoms with Gasteiger partial charge in [0.1, 0.15) is 0 Å². The number of hydrogen-bond donors (Lipinski definition) is 3. The fourth-order valence-electron chi connectivity index (χ4n) is 2.20. The van der Waals surface area contributed by atoms with Crippen LogP contribution in [0.1, 0.15) is 46.5 Å². The molecule has 0 radical (unpaired) electrons. The van der Waals surface area contributed by atoms with Gasteiger partial charge in [-0.3, -0.25) is 14.8 Å². The van der Waals surface area contributed by atoms with Gasteiger partial charge in [0.2, 0.25) is 11.8 Å². The fraction of sp³-hybridized carbons (Fsp3) is 0.529. The lowest BCUT2D eigenvalue weighted by Gasteiger charge is -2.21. The lowest BCUT2D eigenvalue weighted by Crippen LogP contribution is -2.34. The van der Waals surface area contributed by atoms with Gasteiger partial charge >= 0.3 is 0 Å². The second-order valence-corrected chi connectivity index (χ2v) is 6.33. The molecular weight excluding hydrogens is 280 g/mol. The summed E-state index contributed by atoms with van der Waals surface area (Å²) in [6, 6.07) is 9.40. The summed E-state index contributed by atoms with van der Waals surface area (Å²) in [5.41, 5.74) is 1.91. The monoisotopic (exact) mass is 306 g/mol. The van der Waals surface area contributed by atoms with Crippen LogP contribution < -0.4 is 10.8 Å². The second-order valence-electron chi connectivity index (χ2n) is 6.33. The van der Waals surface area contributed by atoms with Crippen LogP contribution in [0.15, 0.2) is 30.3 Å². The van der Waals surface area contributed by atoms with Crippen molar-refractivity contribution in [2.24, 2.45) is 11.3 Å². The highest BCUT2D eigenvalue weighted by Gasteiger charge is 2.26. The molecule has 0 fully saturated rings. The molecule has 1 atom stereocenters. The first-order valence-corrected chi connectivity index (χ1v) is 7.67. The molecule has 0 bridgehead atoms. The van der Waals surface area contributed by atoms with Crippen LogP contribution in [0.3, 0.4) is 0 Å². The third-order valence-electron chi connectivity index (χ3n) is 3.89. The summed E-state index contributed by atoms with van der Waals surface area (Å²) in [7, 11) is 0. The van der Waals surface area contributed by atoms with Crippen molar-refractivity contribution in [1.82, 2.24) is 5.48 Å². The Morgan fingerprint density at radius 1 is 1.18 bits per heavy atom. The summed E-state index contributed by atoms with van der Waals surface area (Å²) in [4.78, 5) is 23.5. The van der Waals surface area contributed by atoms with Crippen molar-refractivity contribution in [1.29, 1.82) is 0 Å². The Labute approximate surface area is 132 Å². The van der Waals surface area contributed by atoms with Gasteiger partial charge in [-0.1, -0.05) is 51.8 Å². The third-order valence-corrected chi connectivity index (χ3v) is 3.89. The van der Waals surface area contributed by atoms with E-state index in [0.29, 0.717) is 6.42 Å². The van der Waals surface area contributed by atoms with Crippen LogP contribution in [0, 0.1) is 11.3 Å². The fourth-order valence-corrected chi connectivity index (χ4v) is 2.20. The minimum Gasteiger partial charge on any atom is -0.326 e. The predicted octanol–water partition coefficient (Wildman–Crippen LogP) is 3.35. The van der Waals surface area contributed by atoms with Crippen LogP contribution in [0.4, 0.5) is 5.69 Å². The van der Waals surface area contributed by atoms with Gasteiger partial charge in [-0.15, -0.1) is 0 Å². The van der Waals surface area contributed by atoms with E-state index >= 15 is 0 Å². The number of carbonyl (C=O) groups is 2. The number of benzene rings is 1. The molecule has 22 heavy (non-hydrogen) atoms. The molecule has 0 aliphatic rings. The molecule has 1 rings (SSSR count). The lowest BCUT2D eigenvalue weighted by atomic mass is 9.85. The maximum Gasteiger partial charge on any atom is 0.248 e. The quantitative estimate of drug-likeness (QED) is 0.391. The summed E-state index contributed by atoms with van der Waals surface area (Å²) < 4.78 is 0. The van der Waals surface area contributed by atoms with Gasteiger partial charge in [0, 0.05) is 17.0 Å². The molecule has 1 aromatic rings. The van der Waals surface area contributed by atoms with Crippen LogP contribution in [0.2, 0.25) is 0 Å². The van der Waals surface area contributed by atoms with Crippen molar-refractivity contribution < 1.29 is 14.8 Å². The van der Waals surface area contributed by atoms with Crippen LogP contribution in [0.25, 0.3) is 0 Å². The minimum absolute atomic E-state index is 0.0126. The predicted molar refractivity (Wildman–Crippen MR) is 86.4 cm³/mol. The Balaban J connectivity index is 2.30. The van der Waals surface area contributed by atoms with E-state index < -0.39 is 5.41 Å². The summed E-state index contributed by atoms with van der Waals surface area (Å²) in [6.07, 6.45) is 3.15. The van der Waals surface area contributed by atoms with Crippen LogP contribution in [-0.2, 0) is 9.59 Å². The Morgan fingerprint density at radius 3 is 2.41 bits per heavy atom. The van der Waals surface area contributed by atoms with Crippen molar-refractivity contribution in [3.05, 3.63) is 30.3 Å². The third kappa shape index (κ3) is 5.85. The average Bonchev–Trinajstić information content (AvgIpc) is 2.51. The van der Waals surface area contributed by atoms with Crippen molar-refractivity contribution >= 4 is 17.5 Å². The summed E-state index contributed by atoms with van der Waals surface area (Å²) in [5, 5.41) is 11.6. The number of anilines is 1. The SMILES string of the molecule is CC(CCCCC(C)(C)C(=O)NO)C(=O)Nc1ccccc1. The standard InChI is InChI=1S/C17H26N2O3/c1-13(15(20)18-14-10-5-4-6-11-14)9-7-8-12-17(2,3)16(21)19-22/h4-6,10-11,13,22H,7-9,12H2,1-3H3,(H,18,20)(H,19,21). The summed E-state index contributed by atoms with van der Waals surface area (Å²) in [5.74, 6) is -0.434. The van der Waals surface area contributed by atoms with Gasteiger partial charge < -0.3 is 5.32 Å². The van der Waals surface area contributed by atoms with E-state index in [1.807, 2.05) is 37.3 Å². The van der Waals surface area contributed by atoms with Gasteiger partial charge in [0.15, 0.2) is 0 Å². The van der Waals surface area contributed by atoms with Crippen LogP contribution >= 0.6 is 0 Å². The first kappa shape index (κ1) is 18.2. The Hall–Kier alpha value is -1.88. The van der Waals surface area contributed by atoms with Gasteiger partial charge in [0.25, 0.3) is 0 Å². The van der Waals surface area contributed by atoms with Crippen LogP contribution in [0.5, 0.6) is 0 Å². The Bertz CT molecular complexity index is 486.